The van der Waals surface area contributed by atoms with Crippen LogP contribution in [0.5, 0.6) is 0 Å². The van der Waals surface area contributed by atoms with Gasteiger partial charge >= 0.3 is 6.09 Å². The van der Waals surface area contributed by atoms with E-state index >= 15 is 0 Å². The Morgan fingerprint density at radius 2 is 1.75 bits per heavy atom. The molecule has 0 radical (unpaired) electrons. The molecule has 1 heterocycles. The molecular weight excluding hydrogens is 434 g/mol. The fourth-order valence-electron chi connectivity index (χ4n) is 4.15. The zero-order valence-electron chi connectivity index (χ0n) is 19.2. The minimum atomic E-state index is -2.39. The minimum absolute atomic E-state index is 0.0219. The molecule has 2 rings (SSSR count). The van der Waals surface area contributed by atoms with Crippen molar-refractivity contribution >= 4 is 23.3 Å². The molecule has 10 heteroatoms. The van der Waals surface area contributed by atoms with Gasteiger partial charge in [0.25, 0.3) is 5.91 Å². The number of carbonyl (C=O) groups excluding carboxylic acids is 2. The Kier molecular flexibility index (Phi) is 11.8. The van der Waals surface area contributed by atoms with Gasteiger partial charge in [0.2, 0.25) is 0 Å². The number of amides is 2. The summed E-state index contributed by atoms with van der Waals surface area (Å²) in [7, 11) is 1.44. The third-order valence-corrected chi connectivity index (χ3v) is 6.32. The number of nitrogens with zero attached hydrogens (tertiary/aromatic N) is 2. The molecule has 2 fully saturated rings. The van der Waals surface area contributed by atoms with E-state index in [9.17, 15) is 18.4 Å². The number of hydrogen-bond acceptors (Lipinski definition) is 6. The van der Waals surface area contributed by atoms with Crippen LogP contribution in [-0.2, 0) is 25.5 Å². The van der Waals surface area contributed by atoms with Gasteiger partial charge in [-0.25, -0.2) is 9.52 Å². The van der Waals surface area contributed by atoms with Crippen molar-refractivity contribution in [3.63, 3.8) is 0 Å². The molecule has 32 heavy (non-hydrogen) atoms. The van der Waals surface area contributed by atoms with Crippen LogP contribution in [0.3, 0.4) is 0 Å². The highest BCUT2D eigenvalue weighted by Crippen LogP contribution is 2.26. The molecule has 0 aromatic rings. The molecule has 9 nitrogen and oxygen atoms in total. The average Bonchev–Trinajstić information content (AvgIpc) is 2.81. The van der Waals surface area contributed by atoms with Gasteiger partial charge in [0.1, 0.15) is 5.76 Å². The van der Waals surface area contributed by atoms with Crippen LogP contribution >= 0.6 is 0 Å². The van der Waals surface area contributed by atoms with Crippen LogP contribution in [0.25, 0.3) is 0 Å². The number of methoxy groups -OCH3 is 1. The number of carbonyl (C=O) groups is 2. The smallest absolute Gasteiger partial charge is 0.409 e. The van der Waals surface area contributed by atoms with E-state index in [1.807, 2.05) is 6.92 Å². The zero-order valence-corrected chi connectivity index (χ0v) is 20.0. The predicted molar refractivity (Wildman–Crippen MR) is 121 cm³/mol. The van der Waals surface area contributed by atoms with Crippen LogP contribution in [0.15, 0.2) is 23.5 Å². The van der Waals surface area contributed by atoms with E-state index < -0.39 is 11.3 Å². The summed E-state index contributed by atoms with van der Waals surface area (Å²) in [6, 6.07) is 0. The van der Waals surface area contributed by atoms with Crippen molar-refractivity contribution in [1.29, 1.82) is 0 Å². The van der Waals surface area contributed by atoms with Crippen LogP contribution in [0.1, 0.15) is 51.9 Å². The number of nitrogens with one attached hydrogen (secondary N) is 1. The summed E-state index contributed by atoms with van der Waals surface area (Å²) in [5, 5.41) is 0. The van der Waals surface area contributed by atoms with Crippen molar-refractivity contribution in [3.05, 3.63) is 23.5 Å². The summed E-state index contributed by atoms with van der Waals surface area (Å²) in [5.74, 6) is 0.787. The fraction of sp³-hybridized carbons (Fsp3) is 0.727. The Hall–Kier alpha value is -1.91. The summed E-state index contributed by atoms with van der Waals surface area (Å²) in [5.41, 5.74) is 0.386. The van der Waals surface area contributed by atoms with Gasteiger partial charge in [-0.05, 0) is 24.8 Å². The second-order valence-corrected chi connectivity index (χ2v) is 8.83. The largest absolute Gasteiger partial charge is 0.760 e. The third-order valence-electron chi connectivity index (χ3n) is 5.91. The van der Waals surface area contributed by atoms with E-state index in [1.54, 1.807) is 15.9 Å². The number of allylic oxidation sites excluding steroid dienone is 1. The lowest BCUT2D eigenvalue weighted by atomic mass is 9.87. The van der Waals surface area contributed by atoms with E-state index in [-0.39, 0.29) is 18.5 Å². The van der Waals surface area contributed by atoms with Gasteiger partial charge < -0.3 is 23.8 Å². The van der Waals surface area contributed by atoms with Gasteiger partial charge in [-0.2, -0.15) is 0 Å². The lowest BCUT2D eigenvalue weighted by molar-refractivity contribution is -0.128. The molecular formula is C22H36N3O6S-. The first-order valence-corrected chi connectivity index (χ1v) is 12.5. The summed E-state index contributed by atoms with van der Waals surface area (Å²) >= 11 is -2.39. The van der Waals surface area contributed by atoms with Crippen LogP contribution in [0.2, 0.25) is 0 Å². The molecule has 0 aromatic carbocycles. The van der Waals surface area contributed by atoms with Crippen molar-refractivity contribution in [2.75, 3.05) is 46.4 Å². The predicted octanol–water partition coefficient (Wildman–Crippen LogP) is 2.49. The summed E-state index contributed by atoms with van der Waals surface area (Å²) in [6.45, 7) is 4.01. The monoisotopic (exact) mass is 470 g/mol. The van der Waals surface area contributed by atoms with E-state index in [4.69, 9.17) is 9.47 Å². The SMILES string of the molecule is CC/C=C(C(=O)N1CCN(C(=O)OCCC2CCCCC2)CC1)\C(=C/CNS(=O)[O-])OC. The Bertz CT molecular complexity index is 698. The summed E-state index contributed by atoms with van der Waals surface area (Å²) in [4.78, 5) is 28.8. The van der Waals surface area contributed by atoms with Crippen molar-refractivity contribution in [2.45, 2.75) is 51.9 Å². The maximum absolute atomic E-state index is 13.1. The topological polar surface area (TPSA) is 111 Å². The molecule has 1 saturated carbocycles. The molecule has 2 amide bonds. The number of rotatable bonds is 10. The van der Waals surface area contributed by atoms with E-state index in [2.05, 4.69) is 4.72 Å². The Labute approximate surface area is 193 Å². The first-order valence-electron chi connectivity index (χ1n) is 11.4. The number of ether oxygens (including phenoxy) is 2. The Morgan fingerprint density at radius 3 is 2.34 bits per heavy atom. The van der Waals surface area contributed by atoms with Crippen LogP contribution in [-0.4, -0.2) is 77.0 Å². The molecule has 0 aromatic heterocycles. The average molecular weight is 471 g/mol. The summed E-state index contributed by atoms with van der Waals surface area (Å²) < 4.78 is 34.4. The first kappa shape index (κ1) is 26.3. The number of hydrogen-bond donors (Lipinski definition) is 1. The van der Waals surface area contributed by atoms with Gasteiger partial charge in [-0.3, -0.25) is 9.00 Å². The zero-order chi connectivity index (χ0) is 23.3. The molecule has 1 N–H and O–H groups in total. The highest BCUT2D eigenvalue weighted by atomic mass is 32.2. The van der Waals surface area contributed by atoms with Gasteiger partial charge in [-0.1, -0.05) is 45.1 Å². The van der Waals surface area contributed by atoms with E-state index in [0.717, 1.165) is 6.42 Å². The van der Waals surface area contributed by atoms with Crippen LogP contribution in [0, 0.1) is 5.92 Å². The standard InChI is InChI=1S/C22H37N3O6S/c1-3-7-19(20(30-2)10-12-23-32(28)29)21(26)24-13-15-25(16-14-24)22(27)31-17-11-18-8-5-4-6-9-18/h7,10,18,23H,3-6,8-9,11-17H2,1-2H3,(H,28,29)/p-1/b19-7+,20-10+. The van der Waals surface area contributed by atoms with Gasteiger partial charge in [0.05, 0.1) is 19.3 Å². The van der Waals surface area contributed by atoms with Crippen molar-refractivity contribution in [2.24, 2.45) is 5.92 Å². The van der Waals surface area contributed by atoms with E-state index in [0.29, 0.717) is 56.5 Å². The molecule has 2 aliphatic rings. The van der Waals surface area contributed by atoms with Gasteiger partial charge in [0, 0.05) is 44.0 Å². The van der Waals surface area contributed by atoms with Crippen molar-refractivity contribution in [3.8, 4) is 0 Å². The molecule has 0 bridgehead atoms. The maximum atomic E-state index is 13.1. The maximum Gasteiger partial charge on any atom is 0.409 e. The molecule has 182 valence electrons. The second-order valence-electron chi connectivity index (χ2n) is 8.07. The number of piperazine rings is 1. The highest BCUT2D eigenvalue weighted by molar-refractivity contribution is 7.77. The van der Waals surface area contributed by atoms with Crippen molar-refractivity contribution in [1.82, 2.24) is 14.5 Å². The van der Waals surface area contributed by atoms with Gasteiger partial charge in [-0.15, -0.1) is 0 Å². The molecule has 0 spiro atoms. The van der Waals surface area contributed by atoms with E-state index in [1.165, 1.54) is 45.3 Å². The highest BCUT2D eigenvalue weighted by Gasteiger charge is 2.28. The first-order chi connectivity index (χ1) is 15.5. The molecule has 1 atom stereocenters. The second kappa shape index (κ2) is 14.3. The van der Waals surface area contributed by atoms with Crippen LogP contribution in [0.4, 0.5) is 4.79 Å². The third kappa shape index (κ3) is 8.55. The summed E-state index contributed by atoms with van der Waals surface area (Å²) in [6.07, 6.45) is 10.8. The quantitative estimate of drug-likeness (QED) is 0.227. The molecule has 1 aliphatic heterocycles. The Morgan fingerprint density at radius 1 is 1.09 bits per heavy atom. The van der Waals surface area contributed by atoms with Crippen molar-refractivity contribution < 1.29 is 27.8 Å². The lowest BCUT2D eigenvalue weighted by Crippen LogP contribution is -2.51. The molecule has 1 saturated heterocycles. The fourth-order valence-corrected chi connectivity index (χ4v) is 4.36. The molecule has 1 aliphatic carbocycles. The minimum Gasteiger partial charge on any atom is -0.760 e. The Balaban J connectivity index is 1.83. The normalized spacial score (nSPS) is 19.6. The van der Waals surface area contributed by atoms with Crippen LogP contribution < -0.4 is 4.72 Å². The molecule has 1 unspecified atom stereocenters. The van der Waals surface area contributed by atoms with Gasteiger partial charge in [0.15, 0.2) is 0 Å². The lowest BCUT2D eigenvalue weighted by Gasteiger charge is -2.34.